The van der Waals surface area contributed by atoms with Crippen LogP contribution in [0.3, 0.4) is 0 Å². The van der Waals surface area contributed by atoms with Crippen molar-refractivity contribution < 1.29 is 22.7 Å². The van der Waals surface area contributed by atoms with Crippen molar-refractivity contribution >= 4 is 62.3 Å². The average Bonchev–Trinajstić information content (AvgIpc) is 3.51. The Morgan fingerprint density at radius 1 is 0.932 bits per heavy atom. The van der Waals surface area contributed by atoms with E-state index in [4.69, 9.17) is 39.5 Å². The Morgan fingerprint density at radius 3 is 2.18 bits per heavy atom. The standard InChI is InChI=1S/C32H36Cl3N3O5S/c1-3-30(32(40)36-24-7-5-6-8-24)37(20-22-9-18-28(34)29(35)19-22)31(39)21-38(25-12-14-26(15-13-25)43-4-2)44(41,42)27-16-10-23(33)11-17-27/h9-19,24,30H,3-8,20-21H2,1-2H3,(H,36,40)/t30-/m0/s1. The van der Waals surface area contributed by atoms with Gasteiger partial charge in [-0.25, -0.2) is 8.42 Å². The molecule has 1 N–H and O–H groups in total. The first-order valence-corrected chi connectivity index (χ1v) is 17.2. The molecule has 0 spiro atoms. The number of amides is 2. The first-order chi connectivity index (χ1) is 21.0. The quantitative estimate of drug-likeness (QED) is 0.208. The number of ether oxygens (including phenoxy) is 1. The summed E-state index contributed by atoms with van der Waals surface area (Å²) in [5.41, 5.74) is 0.905. The van der Waals surface area contributed by atoms with Crippen LogP contribution in [0.2, 0.25) is 15.1 Å². The molecule has 1 saturated carbocycles. The zero-order valence-corrected chi connectivity index (χ0v) is 27.7. The van der Waals surface area contributed by atoms with Crippen LogP contribution in [0.5, 0.6) is 5.75 Å². The minimum Gasteiger partial charge on any atom is -0.494 e. The van der Waals surface area contributed by atoms with E-state index in [0.29, 0.717) is 39.4 Å². The number of halogens is 3. The number of anilines is 1. The van der Waals surface area contributed by atoms with Crippen molar-refractivity contribution in [3.8, 4) is 5.75 Å². The van der Waals surface area contributed by atoms with E-state index >= 15 is 0 Å². The third-order valence-electron chi connectivity index (χ3n) is 7.54. The maximum absolute atomic E-state index is 14.3. The number of hydrogen-bond donors (Lipinski definition) is 1. The largest absolute Gasteiger partial charge is 0.494 e. The molecule has 1 aliphatic carbocycles. The fraction of sp³-hybridized carbons (Fsp3) is 0.375. The van der Waals surface area contributed by atoms with Crippen LogP contribution in [0.15, 0.2) is 71.6 Å². The second-order valence-electron chi connectivity index (χ2n) is 10.6. The Labute approximate surface area is 274 Å². The van der Waals surface area contributed by atoms with Gasteiger partial charge in [0.1, 0.15) is 18.3 Å². The molecule has 12 heteroatoms. The molecule has 3 aromatic carbocycles. The number of benzene rings is 3. The molecule has 0 unspecified atom stereocenters. The maximum Gasteiger partial charge on any atom is 0.264 e. The van der Waals surface area contributed by atoms with E-state index in [1.54, 1.807) is 42.5 Å². The van der Waals surface area contributed by atoms with Gasteiger partial charge in [0.25, 0.3) is 10.0 Å². The molecule has 1 aliphatic rings. The van der Waals surface area contributed by atoms with Crippen molar-refractivity contribution in [2.24, 2.45) is 0 Å². The smallest absolute Gasteiger partial charge is 0.264 e. The fourth-order valence-electron chi connectivity index (χ4n) is 5.26. The van der Waals surface area contributed by atoms with Crippen molar-refractivity contribution in [2.75, 3.05) is 17.5 Å². The van der Waals surface area contributed by atoms with Crippen molar-refractivity contribution in [1.82, 2.24) is 10.2 Å². The van der Waals surface area contributed by atoms with Gasteiger partial charge in [-0.15, -0.1) is 0 Å². The lowest BCUT2D eigenvalue weighted by Gasteiger charge is -2.34. The molecule has 8 nitrogen and oxygen atoms in total. The molecule has 2 amide bonds. The number of sulfonamides is 1. The summed E-state index contributed by atoms with van der Waals surface area (Å²) in [5, 5.41) is 4.14. The normalized spacial score (nSPS) is 14.2. The first-order valence-electron chi connectivity index (χ1n) is 14.6. The highest BCUT2D eigenvalue weighted by molar-refractivity contribution is 7.92. The molecule has 0 heterocycles. The molecule has 4 rings (SSSR count). The molecular formula is C32H36Cl3N3O5S. The van der Waals surface area contributed by atoms with Gasteiger partial charge in [-0.05, 0) is 92.4 Å². The molecule has 0 radical (unpaired) electrons. The fourth-order valence-corrected chi connectivity index (χ4v) is 7.12. The molecule has 1 atom stereocenters. The van der Waals surface area contributed by atoms with Crippen LogP contribution in [0.4, 0.5) is 5.69 Å². The number of nitrogens with one attached hydrogen (secondary N) is 1. The van der Waals surface area contributed by atoms with Crippen LogP contribution in [0, 0.1) is 0 Å². The zero-order chi connectivity index (χ0) is 31.9. The summed E-state index contributed by atoms with van der Waals surface area (Å²) in [5.74, 6) is -0.279. The summed E-state index contributed by atoms with van der Waals surface area (Å²) < 4.78 is 34.6. The lowest BCUT2D eigenvalue weighted by Crippen LogP contribution is -2.53. The Balaban J connectivity index is 1.72. The third-order valence-corrected chi connectivity index (χ3v) is 10.3. The van der Waals surface area contributed by atoms with E-state index in [9.17, 15) is 18.0 Å². The molecule has 0 bridgehead atoms. The van der Waals surface area contributed by atoms with Gasteiger partial charge in [0.05, 0.1) is 27.2 Å². The van der Waals surface area contributed by atoms with Gasteiger partial charge in [0, 0.05) is 17.6 Å². The van der Waals surface area contributed by atoms with Crippen molar-refractivity contribution in [3.05, 3.63) is 87.4 Å². The van der Waals surface area contributed by atoms with E-state index in [1.165, 1.54) is 29.2 Å². The molecule has 236 valence electrons. The molecule has 0 saturated heterocycles. The molecule has 1 fully saturated rings. The van der Waals surface area contributed by atoms with Crippen molar-refractivity contribution in [2.45, 2.75) is 69.5 Å². The monoisotopic (exact) mass is 679 g/mol. The summed E-state index contributed by atoms with van der Waals surface area (Å²) in [6, 6.07) is 16.4. The topological polar surface area (TPSA) is 96.0 Å². The summed E-state index contributed by atoms with van der Waals surface area (Å²) in [4.78, 5) is 29.2. The number of carbonyl (C=O) groups is 2. The van der Waals surface area contributed by atoms with E-state index in [-0.39, 0.29) is 29.1 Å². The number of carbonyl (C=O) groups excluding carboxylic acids is 2. The lowest BCUT2D eigenvalue weighted by atomic mass is 10.1. The maximum atomic E-state index is 14.3. The van der Waals surface area contributed by atoms with Crippen molar-refractivity contribution in [1.29, 1.82) is 0 Å². The number of hydrogen-bond acceptors (Lipinski definition) is 5. The van der Waals surface area contributed by atoms with Gasteiger partial charge in [-0.1, -0.05) is 60.6 Å². The number of nitrogens with zero attached hydrogens (tertiary/aromatic N) is 2. The predicted octanol–water partition coefficient (Wildman–Crippen LogP) is 7.11. The molecular weight excluding hydrogens is 645 g/mol. The van der Waals surface area contributed by atoms with Crippen LogP contribution in [0.1, 0.15) is 51.5 Å². The second kappa shape index (κ2) is 15.3. The Hall–Kier alpha value is -2.98. The van der Waals surface area contributed by atoms with Gasteiger partial charge in [0.2, 0.25) is 11.8 Å². The van der Waals surface area contributed by atoms with Gasteiger partial charge < -0.3 is 15.0 Å². The van der Waals surface area contributed by atoms with Gasteiger partial charge in [-0.3, -0.25) is 13.9 Å². The van der Waals surface area contributed by atoms with E-state index in [0.717, 1.165) is 30.0 Å². The van der Waals surface area contributed by atoms with Crippen LogP contribution < -0.4 is 14.4 Å². The summed E-state index contributed by atoms with van der Waals surface area (Å²) in [7, 11) is -4.23. The van der Waals surface area contributed by atoms with E-state index < -0.39 is 28.5 Å². The summed E-state index contributed by atoms with van der Waals surface area (Å²) in [6.07, 6.45) is 4.15. The molecule has 0 aromatic heterocycles. The Kier molecular flexibility index (Phi) is 11.8. The van der Waals surface area contributed by atoms with Gasteiger partial charge in [-0.2, -0.15) is 0 Å². The van der Waals surface area contributed by atoms with Gasteiger partial charge in [0.15, 0.2) is 0 Å². The highest BCUT2D eigenvalue weighted by atomic mass is 35.5. The van der Waals surface area contributed by atoms with Crippen molar-refractivity contribution in [3.63, 3.8) is 0 Å². The summed E-state index contributed by atoms with van der Waals surface area (Å²) >= 11 is 18.4. The van der Waals surface area contributed by atoms with Crippen LogP contribution in [-0.4, -0.2) is 50.4 Å². The minimum atomic E-state index is -4.23. The Morgan fingerprint density at radius 2 is 1.59 bits per heavy atom. The second-order valence-corrected chi connectivity index (χ2v) is 13.7. The molecule has 3 aromatic rings. The number of rotatable bonds is 13. The average molecular weight is 681 g/mol. The molecule has 44 heavy (non-hydrogen) atoms. The highest BCUT2D eigenvalue weighted by Crippen LogP contribution is 2.29. The molecule has 0 aliphatic heterocycles. The predicted molar refractivity (Wildman–Crippen MR) is 175 cm³/mol. The first kappa shape index (κ1) is 33.9. The Bertz CT molecular complexity index is 1550. The van der Waals surface area contributed by atoms with Crippen LogP contribution in [-0.2, 0) is 26.2 Å². The van der Waals surface area contributed by atoms with E-state index in [1.807, 2.05) is 13.8 Å². The van der Waals surface area contributed by atoms with Gasteiger partial charge >= 0.3 is 0 Å². The third kappa shape index (κ3) is 8.38. The SMILES string of the molecule is CCOc1ccc(N(CC(=O)N(Cc2ccc(Cl)c(Cl)c2)[C@@H](CC)C(=O)NC2CCCC2)S(=O)(=O)c2ccc(Cl)cc2)cc1. The minimum absolute atomic E-state index is 0.0183. The van der Waals surface area contributed by atoms with Crippen LogP contribution in [0.25, 0.3) is 0 Å². The lowest BCUT2D eigenvalue weighted by molar-refractivity contribution is -0.140. The highest BCUT2D eigenvalue weighted by Gasteiger charge is 2.34. The van der Waals surface area contributed by atoms with E-state index in [2.05, 4.69) is 5.32 Å². The van der Waals surface area contributed by atoms with Crippen LogP contribution >= 0.6 is 34.8 Å². The summed E-state index contributed by atoms with van der Waals surface area (Å²) in [6.45, 7) is 3.57. The zero-order valence-electron chi connectivity index (χ0n) is 24.6.